The monoisotopic (exact) mass is 600 g/mol. The van der Waals surface area contributed by atoms with Gasteiger partial charge in [-0.2, -0.15) is 0 Å². The molecule has 2 atom stereocenters. The van der Waals surface area contributed by atoms with Crippen molar-refractivity contribution in [3.63, 3.8) is 0 Å². The van der Waals surface area contributed by atoms with E-state index in [2.05, 4.69) is 37.2 Å². The van der Waals surface area contributed by atoms with Gasteiger partial charge >= 0.3 is 0 Å². The van der Waals surface area contributed by atoms with Gasteiger partial charge in [-0.3, -0.25) is 9.59 Å². The van der Waals surface area contributed by atoms with Gasteiger partial charge in [0.15, 0.2) is 6.61 Å². The maximum absolute atomic E-state index is 13.6. The summed E-state index contributed by atoms with van der Waals surface area (Å²) in [5.41, 5.74) is 1.91. The molecule has 0 aliphatic carbocycles. The number of hydrogen-bond acceptors (Lipinski definition) is 3. The van der Waals surface area contributed by atoms with Crippen LogP contribution < -0.4 is 10.1 Å². The summed E-state index contributed by atoms with van der Waals surface area (Å²) in [6.45, 7) is 4.10. The molecule has 0 aliphatic heterocycles. The smallest absolute Gasteiger partial charge is 0.261 e. The molecule has 0 heterocycles. The molecule has 0 aromatic heterocycles. The van der Waals surface area contributed by atoms with Crippen LogP contribution in [0.3, 0.4) is 0 Å². The molecule has 0 fully saturated rings. The van der Waals surface area contributed by atoms with Gasteiger partial charge < -0.3 is 15.0 Å². The predicted octanol–water partition coefficient (Wildman–Crippen LogP) is 6.15. The summed E-state index contributed by atoms with van der Waals surface area (Å²) >= 11 is 6.91. The van der Waals surface area contributed by atoms with Crippen molar-refractivity contribution in [3.8, 4) is 5.75 Å². The highest BCUT2D eigenvalue weighted by atomic mass is 79.9. The van der Waals surface area contributed by atoms with Gasteiger partial charge in [-0.15, -0.1) is 0 Å². The zero-order chi connectivity index (χ0) is 25.2. The third-order valence-corrected chi connectivity index (χ3v) is 6.71. The summed E-state index contributed by atoms with van der Waals surface area (Å²) in [7, 11) is 0. The first-order valence-electron chi connectivity index (χ1n) is 11.6. The summed E-state index contributed by atoms with van der Waals surface area (Å²) in [4.78, 5) is 28.7. The molecule has 35 heavy (non-hydrogen) atoms. The standard InChI is InChI=1S/C28H30Br2N2O3/c1-3-20(2)31-28(34)26(17-21-8-5-4-6-9-21)32(18-22-10-7-11-24(30)16-22)27(33)19-35-25-14-12-23(29)13-15-25/h4-16,20,26H,3,17-19H2,1-2H3,(H,31,34). The Kier molecular flexibility index (Phi) is 10.4. The largest absolute Gasteiger partial charge is 0.484 e. The van der Waals surface area contributed by atoms with E-state index in [1.807, 2.05) is 80.6 Å². The number of halogens is 2. The van der Waals surface area contributed by atoms with Gasteiger partial charge in [-0.05, 0) is 60.9 Å². The highest BCUT2D eigenvalue weighted by Gasteiger charge is 2.31. The Morgan fingerprint density at radius 1 is 0.914 bits per heavy atom. The molecule has 2 amide bonds. The number of ether oxygens (including phenoxy) is 1. The molecule has 5 nitrogen and oxygen atoms in total. The van der Waals surface area contributed by atoms with E-state index in [1.165, 1.54) is 0 Å². The van der Waals surface area contributed by atoms with Gasteiger partial charge in [0, 0.05) is 28.0 Å². The van der Waals surface area contributed by atoms with E-state index in [1.54, 1.807) is 17.0 Å². The lowest BCUT2D eigenvalue weighted by molar-refractivity contribution is -0.143. The number of benzene rings is 3. The molecule has 0 aliphatic rings. The van der Waals surface area contributed by atoms with Crippen LogP contribution in [0.5, 0.6) is 5.75 Å². The van der Waals surface area contributed by atoms with Crippen molar-refractivity contribution in [1.29, 1.82) is 0 Å². The van der Waals surface area contributed by atoms with Gasteiger partial charge in [-0.25, -0.2) is 0 Å². The second kappa shape index (κ2) is 13.4. The van der Waals surface area contributed by atoms with Crippen LogP contribution in [0.25, 0.3) is 0 Å². The normalized spacial score (nSPS) is 12.5. The van der Waals surface area contributed by atoms with E-state index in [0.29, 0.717) is 12.2 Å². The SMILES string of the molecule is CCC(C)NC(=O)C(Cc1ccccc1)N(Cc1cccc(Br)c1)C(=O)COc1ccc(Br)cc1. The first-order valence-corrected chi connectivity index (χ1v) is 13.2. The van der Waals surface area contributed by atoms with E-state index in [-0.39, 0.29) is 31.0 Å². The fourth-order valence-electron chi connectivity index (χ4n) is 3.59. The lowest BCUT2D eigenvalue weighted by atomic mass is 10.0. The fraction of sp³-hybridized carbons (Fsp3) is 0.286. The van der Waals surface area contributed by atoms with E-state index >= 15 is 0 Å². The second-order valence-corrected chi connectivity index (χ2v) is 10.2. The van der Waals surface area contributed by atoms with Crippen LogP contribution in [0.15, 0.2) is 87.8 Å². The van der Waals surface area contributed by atoms with E-state index in [4.69, 9.17) is 4.74 Å². The number of amides is 2. The molecular weight excluding hydrogens is 572 g/mol. The van der Waals surface area contributed by atoms with Crippen LogP contribution >= 0.6 is 31.9 Å². The van der Waals surface area contributed by atoms with Gasteiger partial charge in [0.25, 0.3) is 5.91 Å². The van der Waals surface area contributed by atoms with Crippen LogP contribution in [-0.2, 0) is 22.6 Å². The average Bonchev–Trinajstić information content (AvgIpc) is 2.86. The molecule has 0 bridgehead atoms. The Morgan fingerprint density at radius 3 is 2.26 bits per heavy atom. The number of nitrogens with one attached hydrogen (secondary N) is 1. The zero-order valence-electron chi connectivity index (χ0n) is 19.9. The first kappa shape index (κ1) is 27.0. The Morgan fingerprint density at radius 2 is 1.60 bits per heavy atom. The number of hydrogen-bond donors (Lipinski definition) is 1. The average molecular weight is 602 g/mol. The summed E-state index contributed by atoms with van der Waals surface area (Å²) in [6.07, 6.45) is 1.21. The van der Waals surface area contributed by atoms with Crippen molar-refractivity contribution in [1.82, 2.24) is 10.2 Å². The van der Waals surface area contributed by atoms with Gasteiger partial charge in [0.2, 0.25) is 5.91 Å². The summed E-state index contributed by atoms with van der Waals surface area (Å²) in [6, 6.07) is 24.2. The lowest BCUT2D eigenvalue weighted by Gasteiger charge is -2.32. The van der Waals surface area contributed by atoms with Crippen LogP contribution in [0.4, 0.5) is 0 Å². The Labute approximate surface area is 224 Å². The maximum Gasteiger partial charge on any atom is 0.261 e. The minimum absolute atomic E-state index is 0.00242. The molecule has 3 aromatic carbocycles. The van der Waals surface area contributed by atoms with E-state index in [0.717, 1.165) is 26.5 Å². The van der Waals surface area contributed by atoms with Crippen molar-refractivity contribution in [2.75, 3.05) is 6.61 Å². The molecule has 0 saturated carbocycles. The number of rotatable bonds is 11. The molecule has 3 rings (SSSR count). The summed E-state index contributed by atoms with van der Waals surface area (Å²) in [5, 5.41) is 3.07. The number of carbonyl (C=O) groups excluding carboxylic acids is 2. The number of nitrogens with zero attached hydrogens (tertiary/aromatic N) is 1. The van der Waals surface area contributed by atoms with Gasteiger partial charge in [0.1, 0.15) is 11.8 Å². The minimum Gasteiger partial charge on any atom is -0.484 e. The van der Waals surface area contributed by atoms with Crippen molar-refractivity contribution >= 4 is 43.7 Å². The highest BCUT2D eigenvalue weighted by molar-refractivity contribution is 9.10. The van der Waals surface area contributed by atoms with Gasteiger partial charge in [-0.1, -0.05) is 81.2 Å². The Hall–Kier alpha value is -2.64. The molecular formula is C28H30Br2N2O3. The van der Waals surface area contributed by atoms with Gasteiger partial charge in [0.05, 0.1) is 0 Å². The van der Waals surface area contributed by atoms with Crippen molar-refractivity contribution in [3.05, 3.63) is 98.9 Å². The lowest BCUT2D eigenvalue weighted by Crippen LogP contribution is -2.53. The van der Waals surface area contributed by atoms with Crippen LogP contribution in [0, 0.1) is 0 Å². The second-order valence-electron chi connectivity index (χ2n) is 8.42. The topological polar surface area (TPSA) is 58.6 Å². The van der Waals surface area contributed by atoms with Crippen molar-refractivity contribution in [2.45, 2.75) is 45.3 Å². The third-order valence-electron chi connectivity index (χ3n) is 5.69. The predicted molar refractivity (Wildman–Crippen MR) is 146 cm³/mol. The quantitative estimate of drug-likeness (QED) is 0.287. The fourth-order valence-corrected chi connectivity index (χ4v) is 4.30. The van der Waals surface area contributed by atoms with Crippen molar-refractivity contribution < 1.29 is 14.3 Å². The molecule has 2 unspecified atom stereocenters. The highest BCUT2D eigenvalue weighted by Crippen LogP contribution is 2.20. The van der Waals surface area contributed by atoms with E-state index < -0.39 is 6.04 Å². The molecule has 0 radical (unpaired) electrons. The molecule has 1 N–H and O–H groups in total. The molecule has 184 valence electrons. The summed E-state index contributed by atoms with van der Waals surface area (Å²) in [5.74, 6) is 0.163. The van der Waals surface area contributed by atoms with Crippen LogP contribution in [0.2, 0.25) is 0 Å². The minimum atomic E-state index is -0.689. The van der Waals surface area contributed by atoms with E-state index in [9.17, 15) is 9.59 Å². The van der Waals surface area contributed by atoms with Crippen LogP contribution in [0.1, 0.15) is 31.4 Å². The summed E-state index contributed by atoms with van der Waals surface area (Å²) < 4.78 is 7.64. The molecule has 3 aromatic rings. The molecule has 0 spiro atoms. The Balaban J connectivity index is 1.90. The third kappa shape index (κ3) is 8.51. The molecule has 7 heteroatoms. The maximum atomic E-state index is 13.6. The first-order chi connectivity index (χ1) is 16.9. The van der Waals surface area contributed by atoms with Crippen molar-refractivity contribution in [2.24, 2.45) is 0 Å². The number of carbonyl (C=O) groups is 2. The molecule has 0 saturated heterocycles. The zero-order valence-corrected chi connectivity index (χ0v) is 23.1. The Bertz CT molecular complexity index is 1110. The van der Waals surface area contributed by atoms with Crippen LogP contribution in [-0.4, -0.2) is 35.4 Å².